The molecule has 0 aliphatic heterocycles. The van der Waals surface area contributed by atoms with Gasteiger partial charge in [-0.05, 0) is 23.6 Å². The number of carbonyl (C=O) groups is 1. The van der Waals surface area contributed by atoms with Gasteiger partial charge in [-0.15, -0.1) is 0 Å². The second-order valence-electron chi connectivity index (χ2n) is 4.34. The molecule has 1 rings (SSSR count). The zero-order valence-corrected chi connectivity index (χ0v) is 10.1. The molecule has 1 amide bonds. The molecule has 1 aromatic carbocycles. The average Bonchev–Trinajstić information content (AvgIpc) is 2.26. The fourth-order valence-corrected chi connectivity index (χ4v) is 1.25. The number of benzene rings is 1. The number of amides is 1. The van der Waals surface area contributed by atoms with Gasteiger partial charge in [-0.25, -0.2) is 0 Å². The van der Waals surface area contributed by atoms with E-state index < -0.39 is 0 Å². The highest BCUT2D eigenvalue weighted by Crippen LogP contribution is 2.18. The monoisotopic (exact) mass is 221 g/mol. The van der Waals surface area contributed by atoms with Crippen molar-refractivity contribution in [2.75, 3.05) is 6.61 Å². The maximum Gasteiger partial charge on any atom is 0.223 e. The summed E-state index contributed by atoms with van der Waals surface area (Å²) in [5.74, 6) is 0.694. The number of hydrogen-bond donors (Lipinski definition) is 1. The lowest BCUT2D eigenvalue weighted by Gasteiger charge is -2.11. The van der Waals surface area contributed by atoms with Crippen molar-refractivity contribution >= 4 is 5.91 Å². The highest BCUT2D eigenvalue weighted by atomic mass is 16.5. The first-order valence-corrected chi connectivity index (χ1v) is 5.52. The largest absolute Gasteiger partial charge is 0.493 e. The number of ether oxygens (including phenoxy) is 1. The summed E-state index contributed by atoms with van der Waals surface area (Å²) in [4.78, 5) is 10.8. The summed E-state index contributed by atoms with van der Waals surface area (Å²) < 4.78 is 5.46. The number of rotatable bonds is 5. The van der Waals surface area contributed by atoms with Crippen LogP contribution in [0.1, 0.15) is 32.3 Å². The van der Waals surface area contributed by atoms with Gasteiger partial charge in [0.15, 0.2) is 0 Å². The molecule has 2 N–H and O–H groups in total. The highest BCUT2D eigenvalue weighted by Gasteiger charge is 2.09. The summed E-state index contributed by atoms with van der Waals surface area (Å²) in [6, 6.07) is 7.91. The first kappa shape index (κ1) is 12.6. The zero-order chi connectivity index (χ0) is 12.1. The van der Waals surface area contributed by atoms with Crippen LogP contribution in [0.5, 0.6) is 5.75 Å². The lowest BCUT2D eigenvalue weighted by molar-refractivity contribution is -0.122. The Bertz CT molecular complexity index is 343. The Morgan fingerprint density at radius 1 is 1.25 bits per heavy atom. The van der Waals surface area contributed by atoms with Gasteiger partial charge in [0.1, 0.15) is 5.75 Å². The van der Waals surface area contributed by atoms with E-state index in [4.69, 9.17) is 10.5 Å². The summed E-state index contributed by atoms with van der Waals surface area (Å²) in [5.41, 5.74) is 6.42. The second kappa shape index (κ2) is 5.54. The predicted octanol–water partition coefficient (Wildman–Crippen LogP) is 2.31. The van der Waals surface area contributed by atoms with Gasteiger partial charge in [-0.3, -0.25) is 4.79 Å². The molecule has 0 spiro atoms. The van der Waals surface area contributed by atoms with Gasteiger partial charge in [-0.2, -0.15) is 0 Å². The molecular formula is C13H19NO2. The molecular weight excluding hydrogens is 202 g/mol. The maximum atomic E-state index is 10.8. The van der Waals surface area contributed by atoms with Crippen molar-refractivity contribution in [3.05, 3.63) is 29.8 Å². The first-order chi connectivity index (χ1) is 7.50. The quantitative estimate of drug-likeness (QED) is 0.829. The van der Waals surface area contributed by atoms with Gasteiger partial charge in [0.2, 0.25) is 5.91 Å². The van der Waals surface area contributed by atoms with E-state index in [-0.39, 0.29) is 11.8 Å². The molecule has 1 atom stereocenters. The van der Waals surface area contributed by atoms with Gasteiger partial charge >= 0.3 is 0 Å². The molecule has 0 bridgehead atoms. The van der Waals surface area contributed by atoms with E-state index in [1.54, 1.807) is 6.92 Å². The second-order valence-corrected chi connectivity index (χ2v) is 4.34. The van der Waals surface area contributed by atoms with Crippen LogP contribution in [0.2, 0.25) is 0 Å². The molecule has 3 heteroatoms. The topological polar surface area (TPSA) is 52.3 Å². The third-order valence-corrected chi connectivity index (χ3v) is 2.53. The summed E-state index contributed by atoms with van der Waals surface area (Å²) in [5, 5.41) is 0. The number of carbonyl (C=O) groups excluding carboxylic acids is 1. The van der Waals surface area contributed by atoms with Crippen LogP contribution in [0.4, 0.5) is 0 Å². The number of primary amides is 1. The molecule has 0 heterocycles. The molecule has 0 saturated carbocycles. The van der Waals surface area contributed by atoms with Crippen molar-refractivity contribution < 1.29 is 9.53 Å². The smallest absolute Gasteiger partial charge is 0.223 e. The van der Waals surface area contributed by atoms with E-state index in [9.17, 15) is 4.79 Å². The minimum atomic E-state index is -0.334. The van der Waals surface area contributed by atoms with Crippen molar-refractivity contribution in [3.8, 4) is 5.75 Å². The minimum absolute atomic E-state index is 0.259. The van der Waals surface area contributed by atoms with Crippen molar-refractivity contribution in [2.45, 2.75) is 26.7 Å². The van der Waals surface area contributed by atoms with Crippen molar-refractivity contribution in [2.24, 2.45) is 11.7 Å². The molecule has 0 radical (unpaired) electrons. The van der Waals surface area contributed by atoms with Crippen LogP contribution < -0.4 is 10.5 Å². The van der Waals surface area contributed by atoms with Crippen LogP contribution in [-0.4, -0.2) is 12.5 Å². The fraction of sp³-hybridized carbons (Fsp3) is 0.462. The van der Waals surface area contributed by atoms with Crippen LogP contribution in [0.25, 0.3) is 0 Å². The fourth-order valence-electron chi connectivity index (χ4n) is 1.25. The Kier molecular flexibility index (Phi) is 4.35. The zero-order valence-electron chi connectivity index (χ0n) is 10.1. The molecule has 0 aliphatic rings. The predicted molar refractivity (Wildman–Crippen MR) is 64.4 cm³/mol. The lowest BCUT2D eigenvalue weighted by atomic mass is 10.0. The van der Waals surface area contributed by atoms with E-state index in [0.717, 1.165) is 5.75 Å². The standard InChI is InChI=1S/C13H19NO2/c1-9(2)11-4-6-12(7-5-11)16-8-10(3)13(14)15/h4-7,9-10H,8H2,1-3H3,(H2,14,15). The van der Waals surface area contributed by atoms with Crippen LogP contribution in [0.15, 0.2) is 24.3 Å². The van der Waals surface area contributed by atoms with Gasteiger partial charge in [-0.1, -0.05) is 32.9 Å². The third kappa shape index (κ3) is 3.57. The Morgan fingerprint density at radius 2 is 1.81 bits per heavy atom. The third-order valence-electron chi connectivity index (χ3n) is 2.53. The highest BCUT2D eigenvalue weighted by molar-refractivity contribution is 5.76. The summed E-state index contributed by atoms with van der Waals surface area (Å²) in [6.07, 6.45) is 0. The van der Waals surface area contributed by atoms with Crippen molar-refractivity contribution in [1.29, 1.82) is 0 Å². The Morgan fingerprint density at radius 3 is 2.25 bits per heavy atom. The Hall–Kier alpha value is -1.51. The lowest BCUT2D eigenvalue weighted by Crippen LogP contribution is -2.25. The summed E-state index contributed by atoms with van der Waals surface area (Å²) >= 11 is 0. The van der Waals surface area contributed by atoms with Gasteiger partial charge in [0.05, 0.1) is 12.5 Å². The molecule has 0 fully saturated rings. The SMILES string of the molecule is CC(COc1ccc(C(C)C)cc1)C(N)=O. The normalized spacial score (nSPS) is 12.5. The molecule has 3 nitrogen and oxygen atoms in total. The van der Waals surface area contributed by atoms with Crippen LogP contribution >= 0.6 is 0 Å². The molecule has 88 valence electrons. The van der Waals surface area contributed by atoms with Gasteiger partial charge in [0, 0.05) is 0 Å². The van der Waals surface area contributed by atoms with E-state index >= 15 is 0 Å². The summed E-state index contributed by atoms with van der Waals surface area (Å²) in [7, 11) is 0. The molecule has 1 aromatic rings. The van der Waals surface area contributed by atoms with Crippen LogP contribution in [0, 0.1) is 5.92 Å². The van der Waals surface area contributed by atoms with Crippen molar-refractivity contribution in [3.63, 3.8) is 0 Å². The van der Waals surface area contributed by atoms with Crippen LogP contribution in [-0.2, 0) is 4.79 Å². The van der Waals surface area contributed by atoms with E-state index in [1.807, 2.05) is 24.3 Å². The van der Waals surface area contributed by atoms with Crippen LogP contribution in [0.3, 0.4) is 0 Å². The van der Waals surface area contributed by atoms with E-state index in [0.29, 0.717) is 12.5 Å². The van der Waals surface area contributed by atoms with Crippen molar-refractivity contribution in [1.82, 2.24) is 0 Å². The molecule has 0 aromatic heterocycles. The first-order valence-electron chi connectivity index (χ1n) is 5.52. The number of nitrogens with two attached hydrogens (primary N) is 1. The summed E-state index contributed by atoms with van der Waals surface area (Å²) in [6.45, 7) is 6.37. The Labute approximate surface area is 96.6 Å². The van der Waals surface area contributed by atoms with E-state index in [1.165, 1.54) is 5.56 Å². The molecule has 1 unspecified atom stereocenters. The Balaban J connectivity index is 2.52. The van der Waals surface area contributed by atoms with Gasteiger partial charge < -0.3 is 10.5 Å². The maximum absolute atomic E-state index is 10.8. The molecule has 0 saturated heterocycles. The molecule has 0 aliphatic carbocycles. The van der Waals surface area contributed by atoms with Gasteiger partial charge in [0.25, 0.3) is 0 Å². The number of hydrogen-bond acceptors (Lipinski definition) is 2. The van der Waals surface area contributed by atoms with E-state index in [2.05, 4.69) is 13.8 Å². The molecule has 16 heavy (non-hydrogen) atoms. The average molecular weight is 221 g/mol. The minimum Gasteiger partial charge on any atom is -0.493 e.